The van der Waals surface area contributed by atoms with Gasteiger partial charge in [-0.05, 0) is 51.4 Å². The van der Waals surface area contributed by atoms with Crippen molar-refractivity contribution in [2.24, 2.45) is 0 Å². The van der Waals surface area contributed by atoms with Crippen LogP contribution in [0.2, 0.25) is 0 Å². The van der Waals surface area contributed by atoms with Crippen LogP contribution in [0.25, 0.3) is 0 Å². The third-order valence-electron chi connectivity index (χ3n) is 14.3. The minimum absolute atomic E-state index is 0.0826. The van der Waals surface area contributed by atoms with Gasteiger partial charge in [-0.25, -0.2) is 0 Å². The van der Waals surface area contributed by atoms with Crippen LogP contribution in [0.3, 0.4) is 0 Å². The summed E-state index contributed by atoms with van der Waals surface area (Å²) in [7, 11) is 0. The highest BCUT2D eigenvalue weighted by Gasteiger charge is 2.24. The first-order chi connectivity index (χ1) is 33.0. The highest BCUT2D eigenvalue weighted by atomic mass is 16.5. The Morgan fingerprint density at radius 3 is 1.06 bits per heavy atom. The van der Waals surface area contributed by atoms with Crippen LogP contribution in [0.1, 0.15) is 342 Å². The quantitative estimate of drug-likeness (QED) is 0.0321. The number of hydrogen-bond acceptors (Lipinski definition) is 5. The molecule has 6 heteroatoms. The fourth-order valence-corrected chi connectivity index (χ4v) is 9.72. The second-order valence-corrected chi connectivity index (χ2v) is 21.1. The highest BCUT2D eigenvalue weighted by Crippen LogP contribution is 2.19. The fraction of sp³-hybridized carbons (Fsp3) is 0.934. The van der Waals surface area contributed by atoms with Gasteiger partial charge in [-0.2, -0.15) is 0 Å². The SMILES string of the molecule is CCCCCCCC/C=C/CCCCCCCCCC(CC(=O)NC(CO)C(O)CCCCCCCCCCCCCCCCC)OC(=O)CCCCCCCCCCCCCCCCCC. The second kappa shape index (κ2) is 55.5. The number of esters is 1. The van der Waals surface area contributed by atoms with E-state index in [1.165, 1.54) is 244 Å². The zero-order valence-corrected chi connectivity index (χ0v) is 45.6. The molecule has 3 N–H and O–H groups in total. The lowest BCUT2D eigenvalue weighted by Gasteiger charge is -2.24. The molecule has 0 fully saturated rings. The molecule has 0 heterocycles. The smallest absolute Gasteiger partial charge is 0.306 e. The van der Waals surface area contributed by atoms with Crippen molar-refractivity contribution in [3.63, 3.8) is 0 Å². The summed E-state index contributed by atoms with van der Waals surface area (Å²) >= 11 is 0. The standard InChI is InChI=1S/C61H119NO5/c1-4-7-10-13-16-19-22-25-28-30-32-34-37-40-43-46-49-52-57(67-61(66)54-51-48-45-42-39-36-33-29-26-23-20-17-14-11-8-5-2)55-60(65)62-58(56-63)59(64)53-50-47-44-41-38-35-31-27-24-21-18-15-12-9-6-3/h25,28,57-59,63-64H,4-24,26-27,29-56H2,1-3H3,(H,62,65)/b28-25+. The molecule has 0 aliphatic heterocycles. The van der Waals surface area contributed by atoms with Gasteiger partial charge in [0.2, 0.25) is 5.91 Å². The van der Waals surface area contributed by atoms with E-state index in [9.17, 15) is 19.8 Å². The summed E-state index contributed by atoms with van der Waals surface area (Å²) in [6.07, 6.45) is 64.2. The molecule has 0 aromatic rings. The summed E-state index contributed by atoms with van der Waals surface area (Å²) < 4.78 is 5.98. The zero-order chi connectivity index (χ0) is 48.8. The van der Waals surface area contributed by atoms with Crippen LogP contribution in [-0.4, -0.2) is 46.9 Å². The van der Waals surface area contributed by atoms with Crippen molar-refractivity contribution >= 4 is 11.9 Å². The molecule has 3 unspecified atom stereocenters. The van der Waals surface area contributed by atoms with E-state index in [4.69, 9.17) is 4.74 Å². The van der Waals surface area contributed by atoms with Crippen molar-refractivity contribution in [3.8, 4) is 0 Å². The Morgan fingerprint density at radius 2 is 0.716 bits per heavy atom. The summed E-state index contributed by atoms with van der Waals surface area (Å²) in [6.45, 7) is 6.53. The average molecular weight is 947 g/mol. The monoisotopic (exact) mass is 946 g/mol. The fourth-order valence-electron chi connectivity index (χ4n) is 9.72. The van der Waals surface area contributed by atoms with E-state index >= 15 is 0 Å². The minimum atomic E-state index is -0.784. The van der Waals surface area contributed by atoms with E-state index in [1.54, 1.807) is 0 Å². The summed E-state index contributed by atoms with van der Waals surface area (Å²) in [5.41, 5.74) is 0. The molecule has 0 saturated heterocycles. The Morgan fingerprint density at radius 1 is 0.418 bits per heavy atom. The van der Waals surface area contributed by atoms with Crippen LogP contribution in [0.4, 0.5) is 0 Å². The molecule has 0 rings (SSSR count). The summed E-state index contributed by atoms with van der Waals surface area (Å²) in [6, 6.07) is -0.698. The maximum atomic E-state index is 13.3. The number of aliphatic hydroxyl groups is 2. The summed E-state index contributed by atoms with van der Waals surface area (Å²) in [4.78, 5) is 26.3. The molecule has 3 atom stereocenters. The van der Waals surface area contributed by atoms with E-state index in [1.807, 2.05) is 0 Å². The Balaban J connectivity index is 4.51. The van der Waals surface area contributed by atoms with Crippen LogP contribution < -0.4 is 5.32 Å². The first-order valence-corrected chi connectivity index (χ1v) is 30.4. The Bertz CT molecular complexity index is 1020. The molecule has 0 saturated carbocycles. The van der Waals surface area contributed by atoms with Crippen molar-refractivity contribution < 1.29 is 24.5 Å². The van der Waals surface area contributed by atoms with Gasteiger partial charge < -0.3 is 20.3 Å². The summed E-state index contributed by atoms with van der Waals surface area (Å²) in [5, 5.41) is 23.9. The first-order valence-electron chi connectivity index (χ1n) is 30.4. The van der Waals surface area contributed by atoms with Crippen molar-refractivity contribution in [3.05, 3.63) is 12.2 Å². The number of nitrogens with one attached hydrogen (secondary N) is 1. The number of rotatable bonds is 56. The van der Waals surface area contributed by atoms with Gasteiger partial charge in [0.15, 0.2) is 0 Å². The topological polar surface area (TPSA) is 95.9 Å². The van der Waals surface area contributed by atoms with Gasteiger partial charge in [-0.15, -0.1) is 0 Å². The number of aliphatic hydroxyl groups excluding tert-OH is 2. The van der Waals surface area contributed by atoms with Crippen LogP contribution in [-0.2, 0) is 14.3 Å². The van der Waals surface area contributed by atoms with Gasteiger partial charge in [-0.3, -0.25) is 9.59 Å². The minimum Gasteiger partial charge on any atom is -0.462 e. The predicted octanol–water partition coefficient (Wildman–Crippen LogP) is 18.9. The number of allylic oxidation sites excluding steroid dienone is 2. The largest absolute Gasteiger partial charge is 0.462 e. The molecule has 0 aliphatic carbocycles. The van der Waals surface area contributed by atoms with E-state index in [2.05, 4.69) is 38.2 Å². The van der Waals surface area contributed by atoms with Crippen LogP contribution in [0, 0.1) is 0 Å². The van der Waals surface area contributed by atoms with E-state index in [-0.39, 0.29) is 24.9 Å². The van der Waals surface area contributed by atoms with Gasteiger partial charge in [-0.1, -0.05) is 290 Å². The van der Waals surface area contributed by atoms with Crippen LogP contribution >= 0.6 is 0 Å². The Labute approximate surface area is 419 Å². The third-order valence-corrected chi connectivity index (χ3v) is 14.3. The Hall–Kier alpha value is -1.40. The van der Waals surface area contributed by atoms with E-state index < -0.39 is 18.2 Å². The molecular formula is C61H119NO5. The van der Waals surface area contributed by atoms with Crippen molar-refractivity contribution in [1.29, 1.82) is 0 Å². The van der Waals surface area contributed by atoms with Gasteiger partial charge in [0, 0.05) is 6.42 Å². The molecule has 6 nitrogen and oxygen atoms in total. The van der Waals surface area contributed by atoms with Gasteiger partial charge in [0.25, 0.3) is 0 Å². The maximum Gasteiger partial charge on any atom is 0.306 e. The van der Waals surface area contributed by atoms with Crippen molar-refractivity contribution in [1.82, 2.24) is 5.32 Å². The molecule has 67 heavy (non-hydrogen) atoms. The summed E-state index contributed by atoms with van der Waals surface area (Å²) in [5.74, 6) is -0.452. The van der Waals surface area contributed by atoms with Crippen molar-refractivity contribution in [2.75, 3.05) is 6.61 Å². The number of carbonyl (C=O) groups excluding carboxylic acids is 2. The molecule has 0 aromatic heterocycles. The van der Waals surface area contributed by atoms with Gasteiger partial charge in [0.1, 0.15) is 6.10 Å². The van der Waals surface area contributed by atoms with Crippen molar-refractivity contribution in [2.45, 2.75) is 360 Å². The molecule has 398 valence electrons. The molecule has 0 aliphatic rings. The lowest BCUT2D eigenvalue weighted by Crippen LogP contribution is -2.46. The maximum absolute atomic E-state index is 13.3. The van der Waals surface area contributed by atoms with Gasteiger partial charge >= 0.3 is 5.97 Å². The Kier molecular flexibility index (Phi) is 54.4. The van der Waals surface area contributed by atoms with E-state index in [0.717, 1.165) is 51.4 Å². The molecule has 0 aromatic carbocycles. The molecular weight excluding hydrogens is 827 g/mol. The first kappa shape index (κ1) is 65.6. The third kappa shape index (κ3) is 50.8. The highest BCUT2D eigenvalue weighted by molar-refractivity contribution is 5.77. The number of amides is 1. The lowest BCUT2D eigenvalue weighted by molar-refractivity contribution is -0.151. The molecule has 0 spiro atoms. The predicted molar refractivity (Wildman–Crippen MR) is 292 cm³/mol. The molecule has 0 radical (unpaired) electrons. The molecule has 1 amide bonds. The normalized spacial score (nSPS) is 13.1. The number of hydrogen-bond donors (Lipinski definition) is 3. The average Bonchev–Trinajstić information content (AvgIpc) is 3.32. The number of unbranched alkanes of at least 4 members (excludes halogenated alkanes) is 42. The van der Waals surface area contributed by atoms with Crippen LogP contribution in [0.15, 0.2) is 12.2 Å². The lowest BCUT2D eigenvalue weighted by atomic mass is 10.0. The number of carbonyl (C=O) groups is 2. The molecule has 0 bridgehead atoms. The van der Waals surface area contributed by atoms with Crippen LogP contribution in [0.5, 0.6) is 0 Å². The zero-order valence-electron chi connectivity index (χ0n) is 45.6. The number of ether oxygens (including phenoxy) is 1. The van der Waals surface area contributed by atoms with Gasteiger partial charge in [0.05, 0.1) is 25.2 Å². The second-order valence-electron chi connectivity index (χ2n) is 21.1. The van der Waals surface area contributed by atoms with E-state index in [0.29, 0.717) is 19.3 Å².